The third kappa shape index (κ3) is 12.4. The van der Waals surface area contributed by atoms with E-state index in [9.17, 15) is 0 Å². The molecule has 15 heavy (non-hydrogen) atoms. The van der Waals surface area contributed by atoms with Crippen LogP contribution in [0.15, 0.2) is 0 Å². The van der Waals surface area contributed by atoms with Gasteiger partial charge >= 0.3 is 44.7 Å². The van der Waals surface area contributed by atoms with E-state index in [-0.39, 0.29) is 0 Å². The second-order valence-electron chi connectivity index (χ2n) is 4.85. The number of rotatable bonds is 0. The average Bonchev–Trinajstić information content (AvgIpc) is 2.04. The Morgan fingerprint density at radius 3 is 1.40 bits per heavy atom. The molecule has 1 fully saturated rings. The van der Waals surface area contributed by atoms with Crippen molar-refractivity contribution in [2.45, 2.75) is 58.0 Å². The summed E-state index contributed by atoms with van der Waals surface area (Å²) in [6.45, 7) is 9.14. The third-order valence-corrected chi connectivity index (χ3v) is 2.28. The van der Waals surface area contributed by atoms with Crippen molar-refractivity contribution in [2.75, 3.05) is 0 Å². The number of hydrogen-bond donors (Lipinski definition) is 1. The summed E-state index contributed by atoms with van der Waals surface area (Å²) in [4.78, 5) is 0. The fourth-order valence-corrected chi connectivity index (χ4v) is 2.01. The predicted octanol–water partition coefficient (Wildman–Crippen LogP) is 3.62. The summed E-state index contributed by atoms with van der Waals surface area (Å²) in [6, 6.07) is 0. The number of hydrogen-bond acceptors (Lipinski definition) is 1. The minimum atomic E-state index is -0.639. The zero-order valence-electron chi connectivity index (χ0n) is 10.5. The number of halogens is 3. The van der Waals surface area contributed by atoms with Gasteiger partial charge in [0.15, 0.2) is 0 Å². The first kappa shape index (κ1) is 19.5. The van der Waals surface area contributed by atoms with Crippen LogP contribution in [0.3, 0.4) is 0 Å². The van der Waals surface area contributed by atoms with Crippen molar-refractivity contribution >= 4 is 62.8 Å². The Bertz CT molecular complexity index is 142. The fourth-order valence-electron chi connectivity index (χ4n) is 2.01. The standard InChI is InChI=1S/C9H19N.3ClH.Li.Mg/c1-8(2)6-5-7-9(3,4)10-8;;;;;/h10H,5-7H2,1-4H3;3*1H;;/q;;;;+1;+2/p-3. The average molecular weight is 279 g/mol. The van der Waals surface area contributed by atoms with Gasteiger partial charge in [-0.15, -0.1) is 0 Å². The van der Waals surface area contributed by atoms with Crippen LogP contribution < -0.4 is 5.32 Å². The molecule has 0 aromatic heterocycles. The molecule has 0 atom stereocenters. The van der Waals surface area contributed by atoms with Crippen LogP contribution in [0.25, 0.3) is 0 Å². The van der Waals surface area contributed by atoms with Crippen LogP contribution in [-0.4, -0.2) is 46.0 Å². The molecule has 0 spiro atoms. The molecule has 1 N–H and O–H groups in total. The topological polar surface area (TPSA) is 12.0 Å². The van der Waals surface area contributed by atoms with Gasteiger partial charge < -0.3 is 23.5 Å². The Hall–Kier alpha value is 2.19. The first-order chi connectivity index (χ1) is 6.83. The van der Waals surface area contributed by atoms with Crippen LogP contribution in [0.1, 0.15) is 47.0 Å². The number of nitrogens with one attached hydrogen (secondary N) is 1. The van der Waals surface area contributed by atoms with Crippen molar-refractivity contribution < 1.29 is 0 Å². The van der Waals surface area contributed by atoms with Crippen LogP contribution in [0, 0.1) is 0 Å². The summed E-state index contributed by atoms with van der Waals surface area (Å²) in [5, 5.41) is 3.63. The molecule has 1 heterocycles. The SMILES string of the molecule is CC1(C)CCCC(C)(C)N1.[Cl][Mg][Cl].[Li][Cl]. The summed E-state index contributed by atoms with van der Waals surface area (Å²) >= 11 is 0.833. The maximum atomic E-state index is 4.90. The normalized spacial score (nSPS) is 21.1. The Balaban J connectivity index is 0. The third-order valence-electron chi connectivity index (χ3n) is 2.28. The van der Waals surface area contributed by atoms with E-state index in [4.69, 9.17) is 18.1 Å². The monoisotopic (exact) mass is 277 g/mol. The van der Waals surface area contributed by atoms with Gasteiger partial charge in [-0.1, -0.05) is 0 Å². The summed E-state index contributed by atoms with van der Waals surface area (Å²) in [5.41, 5.74) is 0.726. The van der Waals surface area contributed by atoms with E-state index >= 15 is 0 Å². The Kier molecular flexibility index (Phi) is 13.2. The molecule has 0 bridgehead atoms. The van der Waals surface area contributed by atoms with Crippen LogP contribution in [0.2, 0.25) is 0 Å². The van der Waals surface area contributed by atoms with Crippen molar-refractivity contribution in [3.63, 3.8) is 0 Å². The molecular weight excluding hydrogens is 260 g/mol. The molecule has 0 radical (unpaired) electrons. The van der Waals surface area contributed by atoms with Crippen molar-refractivity contribution in [3.05, 3.63) is 0 Å². The molecule has 0 amide bonds. The fraction of sp³-hybridized carbons (Fsp3) is 1.00. The summed E-state index contributed by atoms with van der Waals surface area (Å²) in [7, 11) is 14.4. The van der Waals surface area contributed by atoms with E-state index in [0.29, 0.717) is 11.1 Å². The maximum absolute atomic E-state index is 4.90. The Labute approximate surface area is 125 Å². The molecule has 0 unspecified atom stereocenters. The van der Waals surface area contributed by atoms with Gasteiger partial charge in [-0.3, -0.25) is 0 Å². The molecule has 0 saturated carbocycles. The van der Waals surface area contributed by atoms with Crippen molar-refractivity contribution in [3.8, 4) is 0 Å². The summed E-state index contributed by atoms with van der Waals surface area (Å²) in [6.07, 6.45) is 4.00. The zero-order valence-corrected chi connectivity index (χ0v) is 14.1. The zero-order chi connectivity index (χ0) is 12.5. The Morgan fingerprint density at radius 1 is 1.00 bits per heavy atom. The van der Waals surface area contributed by atoms with E-state index in [2.05, 4.69) is 42.8 Å². The molecule has 1 rings (SSSR count). The quantitative estimate of drug-likeness (QED) is 0.668. The van der Waals surface area contributed by atoms with Crippen LogP contribution in [0.5, 0.6) is 0 Å². The van der Waals surface area contributed by atoms with Crippen LogP contribution in [-0.2, 0) is 0 Å². The number of piperidine rings is 1. The van der Waals surface area contributed by atoms with Gasteiger partial charge in [-0.05, 0) is 47.0 Å². The summed E-state index contributed by atoms with van der Waals surface area (Å²) in [5.74, 6) is 0. The van der Waals surface area contributed by atoms with Crippen LogP contribution >= 0.6 is 27.9 Å². The molecule has 6 heteroatoms. The van der Waals surface area contributed by atoms with Gasteiger partial charge in [-0.2, -0.15) is 0 Å². The van der Waals surface area contributed by atoms with Gasteiger partial charge in [0.25, 0.3) is 0 Å². The first-order valence-electron chi connectivity index (χ1n) is 5.12. The molecule has 1 aliphatic rings. The van der Waals surface area contributed by atoms with Crippen molar-refractivity contribution in [2.24, 2.45) is 0 Å². The minimum absolute atomic E-state index is 0.363. The molecule has 1 saturated heterocycles. The van der Waals surface area contributed by atoms with E-state index in [0.717, 1.165) is 0 Å². The Morgan fingerprint density at radius 2 is 1.27 bits per heavy atom. The molecule has 0 aromatic rings. The van der Waals surface area contributed by atoms with Crippen molar-refractivity contribution in [1.29, 1.82) is 0 Å². The van der Waals surface area contributed by atoms with E-state index < -0.39 is 18.2 Å². The van der Waals surface area contributed by atoms with Gasteiger partial charge in [0.05, 0.1) is 0 Å². The van der Waals surface area contributed by atoms with Gasteiger partial charge in [0.2, 0.25) is 0 Å². The van der Waals surface area contributed by atoms with E-state index in [1.54, 1.807) is 0 Å². The predicted molar refractivity (Wildman–Crippen MR) is 74.2 cm³/mol. The van der Waals surface area contributed by atoms with E-state index in [1.807, 2.05) is 0 Å². The molecule has 0 aliphatic carbocycles. The van der Waals surface area contributed by atoms with Crippen molar-refractivity contribution in [1.82, 2.24) is 5.32 Å². The van der Waals surface area contributed by atoms with Gasteiger partial charge in [0.1, 0.15) is 0 Å². The molecular formula is C9H19Cl3LiMgN. The van der Waals surface area contributed by atoms with Crippen LogP contribution in [0.4, 0.5) is 0 Å². The van der Waals surface area contributed by atoms with E-state index in [1.165, 1.54) is 36.0 Å². The molecule has 1 aliphatic heterocycles. The summed E-state index contributed by atoms with van der Waals surface area (Å²) < 4.78 is 0. The second kappa shape index (κ2) is 10.1. The van der Waals surface area contributed by atoms with Gasteiger partial charge in [-0.25, -0.2) is 0 Å². The first-order valence-corrected chi connectivity index (χ1v) is 10.2. The van der Waals surface area contributed by atoms with Gasteiger partial charge in [0, 0.05) is 11.1 Å². The second-order valence-corrected chi connectivity index (χ2v) is 7.47. The molecule has 84 valence electrons. The molecule has 1 nitrogen and oxygen atoms in total. The molecule has 0 aromatic carbocycles.